The van der Waals surface area contributed by atoms with Gasteiger partial charge < -0.3 is 9.84 Å². The van der Waals surface area contributed by atoms with Crippen LogP contribution in [0.25, 0.3) is 10.8 Å². The van der Waals surface area contributed by atoms with Gasteiger partial charge >= 0.3 is 5.97 Å². The van der Waals surface area contributed by atoms with Gasteiger partial charge in [-0.2, -0.15) is 0 Å². The van der Waals surface area contributed by atoms with E-state index in [1.54, 1.807) is 6.07 Å². The third kappa shape index (κ3) is 3.25. The fraction of sp³-hybridized carbons (Fsp3) is 0.150. The standard InChI is InChI=1S/C20H18O3/c1-20(22,19(21)23-14-15-7-3-2-4-8-15)18-12-11-16-9-5-6-10-17(16)13-18/h2-13,22H,14H2,1H3/t20-/m0/s1. The van der Waals surface area contributed by atoms with Crippen molar-refractivity contribution in [3.8, 4) is 0 Å². The molecule has 0 saturated heterocycles. The zero-order valence-corrected chi connectivity index (χ0v) is 12.9. The van der Waals surface area contributed by atoms with Crippen LogP contribution < -0.4 is 0 Å². The largest absolute Gasteiger partial charge is 0.458 e. The molecule has 0 heterocycles. The van der Waals surface area contributed by atoms with Crippen molar-refractivity contribution in [1.82, 2.24) is 0 Å². The van der Waals surface area contributed by atoms with Crippen LogP contribution in [0.4, 0.5) is 0 Å². The molecule has 0 spiro atoms. The highest BCUT2D eigenvalue weighted by Crippen LogP contribution is 2.26. The fourth-order valence-corrected chi connectivity index (χ4v) is 2.47. The number of hydrogen-bond acceptors (Lipinski definition) is 3. The van der Waals surface area contributed by atoms with E-state index in [1.807, 2.05) is 66.7 Å². The Kier molecular flexibility index (Phi) is 4.13. The summed E-state index contributed by atoms with van der Waals surface area (Å²) < 4.78 is 5.27. The van der Waals surface area contributed by atoms with Gasteiger partial charge in [-0.1, -0.05) is 66.7 Å². The zero-order valence-electron chi connectivity index (χ0n) is 12.9. The summed E-state index contributed by atoms with van der Waals surface area (Å²) >= 11 is 0. The molecule has 3 aromatic carbocycles. The van der Waals surface area contributed by atoms with Crippen molar-refractivity contribution < 1.29 is 14.6 Å². The van der Waals surface area contributed by atoms with E-state index >= 15 is 0 Å². The number of ether oxygens (including phenoxy) is 1. The molecule has 0 saturated carbocycles. The summed E-state index contributed by atoms with van der Waals surface area (Å²) in [5.74, 6) is -0.656. The Balaban J connectivity index is 1.79. The summed E-state index contributed by atoms with van der Waals surface area (Å²) in [4.78, 5) is 12.3. The predicted octanol–water partition coefficient (Wildman–Crippen LogP) is 3.79. The highest BCUT2D eigenvalue weighted by atomic mass is 16.5. The molecule has 116 valence electrons. The summed E-state index contributed by atoms with van der Waals surface area (Å²) in [5, 5.41) is 12.7. The minimum absolute atomic E-state index is 0.142. The molecule has 0 fully saturated rings. The third-order valence-corrected chi connectivity index (χ3v) is 3.92. The number of rotatable bonds is 4. The molecule has 1 atom stereocenters. The van der Waals surface area contributed by atoms with Crippen molar-refractivity contribution in [3.63, 3.8) is 0 Å². The van der Waals surface area contributed by atoms with Crippen LogP contribution in [0.15, 0.2) is 72.8 Å². The molecule has 3 heteroatoms. The topological polar surface area (TPSA) is 46.5 Å². The molecule has 23 heavy (non-hydrogen) atoms. The van der Waals surface area contributed by atoms with E-state index in [-0.39, 0.29) is 6.61 Å². The van der Waals surface area contributed by atoms with Crippen molar-refractivity contribution in [3.05, 3.63) is 83.9 Å². The van der Waals surface area contributed by atoms with Gasteiger partial charge in [0.25, 0.3) is 0 Å². The first-order valence-corrected chi connectivity index (χ1v) is 7.50. The number of carbonyl (C=O) groups is 1. The average Bonchev–Trinajstić information content (AvgIpc) is 2.60. The molecule has 0 unspecified atom stereocenters. The molecule has 0 bridgehead atoms. The molecular weight excluding hydrogens is 288 g/mol. The smallest absolute Gasteiger partial charge is 0.342 e. The van der Waals surface area contributed by atoms with Crippen molar-refractivity contribution in [2.45, 2.75) is 19.1 Å². The van der Waals surface area contributed by atoms with Crippen molar-refractivity contribution in [2.75, 3.05) is 0 Å². The lowest BCUT2D eigenvalue weighted by Gasteiger charge is -2.22. The number of benzene rings is 3. The number of hydrogen-bond donors (Lipinski definition) is 1. The molecule has 1 N–H and O–H groups in total. The van der Waals surface area contributed by atoms with Gasteiger partial charge in [-0.05, 0) is 34.9 Å². The van der Waals surface area contributed by atoms with E-state index in [0.29, 0.717) is 5.56 Å². The second-order valence-electron chi connectivity index (χ2n) is 5.70. The molecule has 0 aliphatic heterocycles. The molecule has 0 aromatic heterocycles. The van der Waals surface area contributed by atoms with Gasteiger partial charge in [-0.25, -0.2) is 4.79 Å². The minimum atomic E-state index is -1.68. The normalized spacial score (nSPS) is 13.5. The quantitative estimate of drug-likeness (QED) is 0.746. The van der Waals surface area contributed by atoms with E-state index in [4.69, 9.17) is 4.74 Å². The Morgan fingerprint density at radius 1 is 0.957 bits per heavy atom. The summed E-state index contributed by atoms with van der Waals surface area (Å²) in [5.41, 5.74) is -0.275. The van der Waals surface area contributed by atoms with Gasteiger partial charge in [0.05, 0.1) is 0 Å². The molecule has 3 aromatic rings. The Bertz CT molecular complexity index is 822. The van der Waals surface area contributed by atoms with Crippen LogP contribution in [0.2, 0.25) is 0 Å². The first kappa shape index (κ1) is 15.3. The van der Waals surface area contributed by atoms with Crippen molar-refractivity contribution in [1.29, 1.82) is 0 Å². The molecule has 0 radical (unpaired) electrons. The van der Waals surface area contributed by atoms with Crippen LogP contribution in [0.1, 0.15) is 18.1 Å². The number of fused-ring (bicyclic) bond motifs is 1. The third-order valence-electron chi connectivity index (χ3n) is 3.92. The van der Waals surface area contributed by atoms with Crippen LogP contribution in [0.3, 0.4) is 0 Å². The lowest BCUT2D eigenvalue weighted by Crippen LogP contribution is -2.34. The summed E-state index contributed by atoms with van der Waals surface area (Å²) in [7, 11) is 0. The lowest BCUT2D eigenvalue weighted by molar-refractivity contribution is -0.166. The van der Waals surface area contributed by atoms with Crippen LogP contribution >= 0.6 is 0 Å². The maximum Gasteiger partial charge on any atom is 0.342 e. The van der Waals surface area contributed by atoms with Gasteiger partial charge in [-0.15, -0.1) is 0 Å². The summed E-state index contributed by atoms with van der Waals surface area (Å²) in [6.45, 7) is 1.60. The Morgan fingerprint density at radius 3 is 2.35 bits per heavy atom. The SMILES string of the molecule is C[C@@](O)(C(=O)OCc1ccccc1)c1ccc2ccccc2c1. The van der Waals surface area contributed by atoms with Crippen molar-refractivity contribution >= 4 is 16.7 Å². The van der Waals surface area contributed by atoms with E-state index in [9.17, 15) is 9.90 Å². The average molecular weight is 306 g/mol. The van der Waals surface area contributed by atoms with Crippen molar-refractivity contribution in [2.24, 2.45) is 0 Å². The van der Waals surface area contributed by atoms with Crippen LogP contribution in [0, 0.1) is 0 Å². The molecule has 0 aliphatic rings. The van der Waals surface area contributed by atoms with Gasteiger partial charge in [0, 0.05) is 0 Å². The lowest BCUT2D eigenvalue weighted by atomic mass is 9.94. The first-order chi connectivity index (χ1) is 11.1. The van der Waals surface area contributed by atoms with Gasteiger partial charge in [0.1, 0.15) is 6.61 Å². The maximum atomic E-state index is 12.3. The van der Waals surface area contributed by atoms with Crippen LogP contribution in [-0.2, 0) is 21.7 Å². The highest BCUT2D eigenvalue weighted by Gasteiger charge is 2.34. The molecule has 3 nitrogen and oxygen atoms in total. The van der Waals surface area contributed by atoms with Crippen LogP contribution in [-0.4, -0.2) is 11.1 Å². The van der Waals surface area contributed by atoms with E-state index in [0.717, 1.165) is 16.3 Å². The minimum Gasteiger partial charge on any atom is -0.458 e. The first-order valence-electron chi connectivity index (χ1n) is 7.50. The van der Waals surface area contributed by atoms with E-state index in [2.05, 4.69) is 0 Å². The monoisotopic (exact) mass is 306 g/mol. The maximum absolute atomic E-state index is 12.3. The summed E-state index contributed by atoms with van der Waals surface area (Å²) in [6, 6.07) is 22.7. The van der Waals surface area contributed by atoms with Gasteiger partial charge in [-0.3, -0.25) is 0 Å². The zero-order chi connectivity index (χ0) is 16.3. The molecule has 3 rings (SSSR count). The van der Waals surface area contributed by atoms with Gasteiger partial charge in [0.2, 0.25) is 0 Å². The highest BCUT2D eigenvalue weighted by molar-refractivity contribution is 5.86. The van der Waals surface area contributed by atoms with E-state index in [1.165, 1.54) is 6.92 Å². The Morgan fingerprint density at radius 2 is 1.61 bits per heavy atom. The Labute approximate surface area is 135 Å². The number of carbonyl (C=O) groups excluding carboxylic acids is 1. The van der Waals surface area contributed by atoms with Crippen LogP contribution in [0.5, 0.6) is 0 Å². The van der Waals surface area contributed by atoms with E-state index < -0.39 is 11.6 Å². The predicted molar refractivity (Wildman–Crippen MR) is 89.8 cm³/mol. The second-order valence-corrected chi connectivity index (χ2v) is 5.70. The molecule has 0 amide bonds. The second kappa shape index (κ2) is 6.23. The Hall–Kier alpha value is -2.65. The number of aliphatic hydroxyl groups is 1. The summed E-state index contributed by atoms with van der Waals surface area (Å²) in [6.07, 6.45) is 0. The van der Waals surface area contributed by atoms with Gasteiger partial charge in [0.15, 0.2) is 5.60 Å². The fourth-order valence-electron chi connectivity index (χ4n) is 2.47. The molecular formula is C20H18O3. The number of esters is 1. The molecule has 0 aliphatic carbocycles.